The first kappa shape index (κ1) is 19.7. The maximum atomic E-state index is 11.5. The van der Waals surface area contributed by atoms with Crippen LogP contribution in [0.5, 0.6) is 0 Å². The van der Waals surface area contributed by atoms with Gasteiger partial charge in [0.2, 0.25) is 0 Å². The van der Waals surface area contributed by atoms with E-state index in [1.165, 1.54) is 28.5 Å². The van der Waals surface area contributed by atoms with Crippen LogP contribution in [0.1, 0.15) is 51.3 Å². The molecule has 0 atom stereocenters. The minimum atomic E-state index is -0.426. The summed E-state index contributed by atoms with van der Waals surface area (Å²) in [6.45, 7) is 11.7. The minimum Gasteiger partial charge on any atom is -0.400 e. The van der Waals surface area contributed by atoms with Gasteiger partial charge in [0.25, 0.3) is 0 Å². The summed E-state index contributed by atoms with van der Waals surface area (Å²) in [5, 5.41) is 3.52. The van der Waals surface area contributed by atoms with Crippen molar-refractivity contribution in [2.24, 2.45) is 0 Å². The van der Waals surface area contributed by atoms with Gasteiger partial charge in [-0.05, 0) is 62.8 Å². The van der Waals surface area contributed by atoms with E-state index in [1.807, 2.05) is 0 Å². The van der Waals surface area contributed by atoms with Gasteiger partial charge in [-0.2, -0.15) is 0 Å². The molecule has 1 N–H and O–H groups in total. The van der Waals surface area contributed by atoms with Gasteiger partial charge < -0.3 is 14.6 Å². The zero-order valence-electron chi connectivity index (χ0n) is 16.3. The Balaban J connectivity index is 1.95. The molecule has 0 spiro atoms. The maximum Gasteiger partial charge on any atom is 0.491 e. The number of hydrogen-bond donors (Lipinski definition) is 1. The lowest BCUT2D eigenvalue weighted by Crippen LogP contribution is -2.41. The average Bonchev–Trinajstić information content (AvgIpc) is 2.79. The second kappa shape index (κ2) is 7.51. The molecule has 0 unspecified atom stereocenters. The van der Waals surface area contributed by atoms with Crippen LogP contribution in [0, 0.1) is 0 Å². The Morgan fingerprint density at radius 3 is 2.62 bits per heavy atom. The molecule has 2 aliphatic heterocycles. The summed E-state index contributed by atoms with van der Waals surface area (Å²) in [5.74, 6) is 0.577. The summed E-state index contributed by atoms with van der Waals surface area (Å²) in [5.41, 5.74) is 4.16. The predicted octanol–water partition coefficient (Wildman–Crippen LogP) is 3.63. The second-order valence-corrected chi connectivity index (χ2v) is 9.15. The zero-order chi connectivity index (χ0) is 18.9. The fourth-order valence-electron chi connectivity index (χ4n) is 3.25. The molecule has 0 aromatic heterocycles. The first-order valence-electron chi connectivity index (χ1n) is 9.20. The van der Waals surface area contributed by atoms with Gasteiger partial charge in [0.15, 0.2) is 5.12 Å². The zero-order valence-corrected chi connectivity index (χ0v) is 17.2. The molecule has 4 nitrogen and oxygen atoms in total. The van der Waals surface area contributed by atoms with Crippen LogP contribution in [-0.2, 0) is 27.1 Å². The minimum absolute atomic E-state index is 0.103. The molecule has 26 heavy (non-hydrogen) atoms. The fourth-order valence-corrected chi connectivity index (χ4v) is 3.84. The van der Waals surface area contributed by atoms with E-state index in [-0.39, 0.29) is 5.12 Å². The Labute approximate surface area is 161 Å². The highest BCUT2D eigenvalue weighted by Gasteiger charge is 2.52. The second-order valence-electron chi connectivity index (χ2n) is 8.00. The smallest absolute Gasteiger partial charge is 0.400 e. The van der Waals surface area contributed by atoms with E-state index in [0.717, 1.165) is 25.0 Å². The highest BCUT2D eigenvalue weighted by atomic mass is 32.2. The highest BCUT2D eigenvalue weighted by Crippen LogP contribution is 2.39. The lowest BCUT2D eigenvalue weighted by Gasteiger charge is -2.32. The number of carbonyl (C=O) groups is 1. The molecule has 0 saturated carbocycles. The molecule has 0 bridgehead atoms. The lowest BCUT2D eigenvalue weighted by molar-refractivity contribution is -0.109. The van der Waals surface area contributed by atoms with Crippen molar-refractivity contribution in [2.45, 2.75) is 58.8 Å². The number of fused-ring (bicyclic) bond motifs is 1. The summed E-state index contributed by atoms with van der Waals surface area (Å²) in [6, 6.07) is 6.42. The summed E-state index contributed by atoms with van der Waals surface area (Å²) in [6.07, 6.45) is 3.18. The van der Waals surface area contributed by atoms with Crippen molar-refractivity contribution in [3.63, 3.8) is 0 Å². The fraction of sp³-hybridized carbons (Fsp3) is 0.550. The molecular formula is C20H28BNO3S. The molecule has 0 radical (unpaired) electrons. The van der Waals surface area contributed by atoms with Crippen LogP contribution >= 0.6 is 11.8 Å². The van der Waals surface area contributed by atoms with Crippen LogP contribution in [-0.4, -0.2) is 35.7 Å². The van der Waals surface area contributed by atoms with E-state index in [4.69, 9.17) is 9.31 Å². The van der Waals surface area contributed by atoms with Crippen molar-refractivity contribution in [1.29, 1.82) is 0 Å². The molecule has 3 rings (SSSR count). The van der Waals surface area contributed by atoms with Crippen LogP contribution in [0.25, 0.3) is 6.08 Å². The molecule has 0 aliphatic carbocycles. The quantitative estimate of drug-likeness (QED) is 0.817. The third kappa shape index (κ3) is 4.09. The van der Waals surface area contributed by atoms with Crippen molar-refractivity contribution in [3.05, 3.63) is 40.4 Å². The van der Waals surface area contributed by atoms with Crippen LogP contribution in [0.4, 0.5) is 0 Å². The van der Waals surface area contributed by atoms with E-state index in [9.17, 15) is 4.79 Å². The van der Waals surface area contributed by atoms with Gasteiger partial charge in [-0.25, -0.2) is 0 Å². The van der Waals surface area contributed by atoms with E-state index in [1.54, 1.807) is 6.92 Å². The van der Waals surface area contributed by atoms with Crippen LogP contribution in [0.3, 0.4) is 0 Å². The normalized spacial score (nSPS) is 21.6. The first-order valence-corrected chi connectivity index (χ1v) is 10.2. The molecule has 6 heteroatoms. The van der Waals surface area contributed by atoms with Crippen LogP contribution in [0.15, 0.2) is 23.7 Å². The lowest BCUT2D eigenvalue weighted by atomic mass is 9.77. The summed E-state index contributed by atoms with van der Waals surface area (Å²) in [4.78, 5) is 11.5. The van der Waals surface area contributed by atoms with Crippen molar-refractivity contribution < 1.29 is 14.1 Å². The number of benzene rings is 1. The largest absolute Gasteiger partial charge is 0.491 e. The van der Waals surface area contributed by atoms with E-state index in [0.29, 0.717) is 5.75 Å². The standard InChI is InChI=1S/C20H28BNO3S/c1-14(23)26-13-17(21-24-19(2,3)20(4,5)25-21)11-15-7-6-8-16-12-22-10-9-18(15)16/h6-8,11,22H,9-10,12-13H2,1-5H3. The molecule has 1 aromatic rings. The van der Waals surface area contributed by atoms with E-state index < -0.39 is 18.3 Å². The van der Waals surface area contributed by atoms with Gasteiger partial charge in [0.05, 0.1) is 11.2 Å². The van der Waals surface area contributed by atoms with Gasteiger partial charge in [0.1, 0.15) is 0 Å². The molecule has 0 amide bonds. The summed E-state index contributed by atoms with van der Waals surface area (Å²) in [7, 11) is -0.426. The third-order valence-corrected chi connectivity index (χ3v) is 6.40. The average molecular weight is 373 g/mol. The number of hydrogen-bond acceptors (Lipinski definition) is 5. The monoisotopic (exact) mass is 373 g/mol. The molecule has 1 aromatic carbocycles. The number of carbonyl (C=O) groups excluding carboxylic acids is 1. The van der Waals surface area contributed by atoms with Crippen molar-refractivity contribution in [3.8, 4) is 0 Å². The maximum absolute atomic E-state index is 11.5. The summed E-state index contributed by atoms with van der Waals surface area (Å²) < 4.78 is 12.5. The van der Waals surface area contributed by atoms with E-state index in [2.05, 4.69) is 57.3 Å². The molecule has 2 aliphatic rings. The topological polar surface area (TPSA) is 47.6 Å². The van der Waals surface area contributed by atoms with Crippen molar-refractivity contribution in [1.82, 2.24) is 5.32 Å². The molecule has 2 heterocycles. The number of rotatable bonds is 4. The van der Waals surface area contributed by atoms with Gasteiger partial charge in [-0.3, -0.25) is 4.79 Å². The third-order valence-electron chi connectivity index (χ3n) is 5.52. The Bertz CT molecular complexity index is 714. The van der Waals surface area contributed by atoms with Crippen molar-refractivity contribution >= 4 is 30.1 Å². The summed E-state index contributed by atoms with van der Waals surface area (Å²) >= 11 is 1.30. The Hall–Kier alpha value is -1.08. The van der Waals surface area contributed by atoms with Gasteiger partial charge in [0, 0.05) is 19.2 Å². The molecule has 1 saturated heterocycles. The van der Waals surface area contributed by atoms with Gasteiger partial charge >= 0.3 is 7.12 Å². The molecule has 1 fully saturated rings. The number of thioether (sulfide) groups is 1. The SMILES string of the molecule is CC(=O)SCC(=Cc1cccc2c1CCNC2)B1OC(C)(C)C(C)(C)O1. The highest BCUT2D eigenvalue weighted by molar-refractivity contribution is 8.13. The van der Waals surface area contributed by atoms with E-state index >= 15 is 0 Å². The first-order chi connectivity index (χ1) is 12.2. The molecular weight excluding hydrogens is 345 g/mol. The van der Waals surface area contributed by atoms with Crippen LogP contribution < -0.4 is 5.32 Å². The number of nitrogens with one attached hydrogen (secondary N) is 1. The van der Waals surface area contributed by atoms with Crippen molar-refractivity contribution in [2.75, 3.05) is 12.3 Å². The Kier molecular flexibility index (Phi) is 5.68. The van der Waals surface area contributed by atoms with Gasteiger partial charge in [-0.1, -0.05) is 36.0 Å². The van der Waals surface area contributed by atoms with Crippen LogP contribution in [0.2, 0.25) is 0 Å². The Morgan fingerprint density at radius 2 is 1.96 bits per heavy atom. The predicted molar refractivity (Wildman–Crippen MR) is 109 cm³/mol. The van der Waals surface area contributed by atoms with Gasteiger partial charge in [-0.15, -0.1) is 0 Å². The molecule has 140 valence electrons. The Morgan fingerprint density at radius 1 is 1.27 bits per heavy atom.